The molecule has 3 rings (SSSR count). The zero-order valence-electron chi connectivity index (χ0n) is 16.9. The van der Waals surface area contributed by atoms with E-state index in [0.717, 1.165) is 23.6 Å². The van der Waals surface area contributed by atoms with E-state index in [1.807, 2.05) is 29.7 Å². The molecule has 0 aliphatic carbocycles. The number of ether oxygens (including phenoxy) is 1. The van der Waals surface area contributed by atoms with Crippen molar-refractivity contribution in [3.63, 3.8) is 0 Å². The Morgan fingerprint density at radius 1 is 0.857 bits per heavy atom. The molecule has 1 aromatic heterocycles. The second-order valence-electron chi connectivity index (χ2n) is 6.88. The maximum absolute atomic E-state index is 5.72. The summed E-state index contributed by atoms with van der Waals surface area (Å²) in [6.07, 6.45) is 12.2. The van der Waals surface area contributed by atoms with Gasteiger partial charge in [-0.2, -0.15) is 0 Å². The van der Waals surface area contributed by atoms with Crippen LogP contribution in [0.25, 0.3) is 21.7 Å². The highest BCUT2D eigenvalue weighted by atomic mass is 32.1. The number of unbranched alkanes of at least 4 members (excludes halogenated alkanes) is 2. The van der Waals surface area contributed by atoms with Crippen molar-refractivity contribution in [2.45, 2.75) is 46.0 Å². The number of aromatic nitrogens is 1. The number of benzene rings is 2. The summed E-state index contributed by atoms with van der Waals surface area (Å²) in [5.41, 5.74) is 3.60. The van der Waals surface area contributed by atoms with Crippen molar-refractivity contribution in [3.05, 3.63) is 71.8 Å². The van der Waals surface area contributed by atoms with Gasteiger partial charge in [0.2, 0.25) is 0 Å². The number of hydrogen-bond donors (Lipinski definition) is 0. The summed E-state index contributed by atoms with van der Waals surface area (Å²) in [5, 5.41) is 1.11. The molecule has 2 nitrogen and oxygen atoms in total. The zero-order chi connectivity index (χ0) is 19.6. The maximum atomic E-state index is 5.72. The van der Waals surface area contributed by atoms with Crippen LogP contribution in [0.3, 0.4) is 0 Å². The monoisotopic (exact) mass is 391 g/mol. The Morgan fingerprint density at radius 3 is 2.21 bits per heavy atom. The third-order valence-electron chi connectivity index (χ3n) is 4.65. The van der Waals surface area contributed by atoms with E-state index in [2.05, 4.69) is 67.4 Å². The van der Waals surface area contributed by atoms with Crippen LogP contribution in [-0.2, 0) is 6.42 Å². The lowest BCUT2D eigenvalue weighted by atomic mass is 10.0. The van der Waals surface area contributed by atoms with Gasteiger partial charge in [-0.3, -0.25) is 0 Å². The highest BCUT2D eigenvalue weighted by Crippen LogP contribution is 2.29. The topological polar surface area (TPSA) is 22.1 Å². The van der Waals surface area contributed by atoms with Crippen molar-refractivity contribution >= 4 is 11.3 Å². The van der Waals surface area contributed by atoms with Crippen LogP contribution in [0, 0.1) is 0 Å². The quantitative estimate of drug-likeness (QED) is 0.263. The predicted octanol–water partition coefficient (Wildman–Crippen LogP) is 7.55. The Labute approximate surface area is 172 Å². The van der Waals surface area contributed by atoms with Gasteiger partial charge in [-0.25, -0.2) is 4.98 Å². The first kappa shape index (κ1) is 20.3. The summed E-state index contributed by atoms with van der Waals surface area (Å²) in [5.74, 6) is 0.902. The van der Waals surface area contributed by atoms with E-state index in [1.54, 1.807) is 0 Å². The molecule has 0 atom stereocenters. The molecule has 0 saturated carbocycles. The number of hydrogen-bond acceptors (Lipinski definition) is 3. The molecule has 0 spiro atoms. The van der Waals surface area contributed by atoms with Crippen molar-refractivity contribution in [1.82, 2.24) is 4.98 Å². The van der Waals surface area contributed by atoms with Gasteiger partial charge < -0.3 is 4.74 Å². The van der Waals surface area contributed by atoms with Gasteiger partial charge in [-0.15, -0.1) is 11.3 Å². The van der Waals surface area contributed by atoms with Crippen LogP contribution in [0.15, 0.2) is 66.9 Å². The van der Waals surface area contributed by atoms with Crippen LogP contribution >= 0.6 is 11.3 Å². The van der Waals surface area contributed by atoms with Gasteiger partial charge in [-0.05, 0) is 42.5 Å². The fraction of sp³-hybridized carbons (Fsp3) is 0.320. The molecule has 0 aliphatic heterocycles. The Kier molecular flexibility index (Phi) is 7.86. The first-order valence-corrected chi connectivity index (χ1v) is 11.0. The van der Waals surface area contributed by atoms with Gasteiger partial charge in [-0.1, -0.05) is 75.2 Å². The highest BCUT2D eigenvalue weighted by molar-refractivity contribution is 7.15. The molecular weight excluding hydrogens is 362 g/mol. The number of allylic oxidation sites excluding steroid dienone is 1. The molecule has 0 amide bonds. The summed E-state index contributed by atoms with van der Waals surface area (Å²) in [6, 6.07) is 17.0. The third-order valence-corrected chi connectivity index (χ3v) is 5.75. The molecule has 0 fully saturated rings. The molecular formula is C25H29NOS. The molecule has 1 heterocycles. The molecule has 2 aromatic carbocycles. The number of aryl methyl sites for hydroxylation is 1. The molecule has 146 valence electrons. The second kappa shape index (κ2) is 10.8. The molecule has 28 heavy (non-hydrogen) atoms. The van der Waals surface area contributed by atoms with Crippen molar-refractivity contribution in [1.29, 1.82) is 0 Å². The summed E-state index contributed by atoms with van der Waals surface area (Å²) >= 11 is 1.82. The van der Waals surface area contributed by atoms with Gasteiger partial charge in [0, 0.05) is 16.6 Å². The lowest BCUT2D eigenvalue weighted by Crippen LogP contribution is -1.92. The molecule has 0 bridgehead atoms. The Hall–Kier alpha value is -2.39. The van der Waals surface area contributed by atoms with E-state index in [-0.39, 0.29) is 0 Å². The third kappa shape index (κ3) is 5.80. The summed E-state index contributed by atoms with van der Waals surface area (Å²) < 4.78 is 5.72. The fourth-order valence-corrected chi connectivity index (χ4v) is 3.99. The molecule has 0 radical (unpaired) electrons. The van der Waals surface area contributed by atoms with E-state index < -0.39 is 0 Å². The van der Waals surface area contributed by atoms with Crippen molar-refractivity contribution in [3.8, 4) is 27.4 Å². The molecule has 0 unspecified atom stereocenters. The Morgan fingerprint density at radius 2 is 1.54 bits per heavy atom. The van der Waals surface area contributed by atoms with Crippen LogP contribution in [-0.4, -0.2) is 11.6 Å². The SMILES string of the molecule is CC/C=C/COc1ccc(-c2ccc(-c3ncc(CCCCC)s3)cc2)cc1. The number of rotatable bonds is 10. The normalized spacial score (nSPS) is 11.2. The molecule has 0 aliphatic rings. The van der Waals surface area contributed by atoms with Gasteiger partial charge >= 0.3 is 0 Å². The lowest BCUT2D eigenvalue weighted by Gasteiger charge is -2.06. The van der Waals surface area contributed by atoms with E-state index in [9.17, 15) is 0 Å². The minimum Gasteiger partial charge on any atom is -0.490 e. The van der Waals surface area contributed by atoms with Crippen LogP contribution in [0.1, 0.15) is 44.4 Å². The van der Waals surface area contributed by atoms with Crippen LogP contribution in [0.5, 0.6) is 5.75 Å². The summed E-state index contributed by atoms with van der Waals surface area (Å²) in [7, 11) is 0. The number of nitrogens with zero attached hydrogens (tertiary/aromatic N) is 1. The van der Waals surface area contributed by atoms with E-state index in [1.165, 1.54) is 40.8 Å². The largest absolute Gasteiger partial charge is 0.490 e. The van der Waals surface area contributed by atoms with Crippen molar-refractivity contribution in [2.75, 3.05) is 6.61 Å². The molecule has 0 N–H and O–H groups in total. The van der Waals surface area contributed by atoms with E-state index >= 15 is 0 Å². The lowest BCUT2D eigenvalue weighted by molar-refractivity contribution is 0.362. The van der Waals surface area contributed by atoms with Gasteiger partial charge in [0.1, 0.15) is 17.4 Å². The van der Waals surface area contributed by atoms with Crippen LogP contribution in [0.4, 0.5) is 0 Å². The van der Waals surface area contributed by atoms with Gasteiger partial charge in [0.15, 0.2) is 0 Å². The standard InChI is InChI=1S/C25H29NOS/c1-3-5-7-9-24-19-26-25(28-24)22-12-10-20(11-13-22)21-14-16-23(17-15-21)27-18-8-6-4-2/h6,8,10-17,19H,3-5,7,9,18H2,1-2H3/b8-6+. The Bertz CT molecular complexity index is 862. The molecule has 3 aromatic rings. The van der Waals surface area contributed by atoms with Crippen LogP contribution in [0.2, 0.25) is 0 Å². The van der Waals surface area contributed by atoms with Crippen LogP contribution < -0.4 is 4.74 Å². The fourth-order valence-electron chi connectivity index (χ4n) is 3.03. The Balaban J connectivity index is 1.61. The minimum atomic E-state index is 0.621. The van der Waals surface area contributed by atoms with Crippen molar-refractivity contribution < 1.29 is 4.74 Å². The smallest absolute Gasteiger partial charge is 0.123 e. The minimum absolute atomic E-state index is 0.621. The summed E-state index contributed by atoms with van der Waals surface area (Å²) in [6.45, 7) is 4.99. The highest BCUT2D eigenvalue weighted by Gasteiger charge is 2.06. The predicted molar refractivity (Wildman–Crippen MR) is 121 cm³/mol. The number of thiazole rings is 1. The molecule has 3 heteroatoms. The van der Waals surface area contributed by atoms with Gasteiger partial charge in [0.25, 0.3) is 0 Å². The average Bonchev–Trinajstić information content (AvgIpc) is 3.21. The zero-order valence-corrected chi connectivity index (χ0v) is 17.7. The first-order chi connectivity index (χ1) is 13.8. The van der Waals surface area contributed by atoms with E-state index in [4.69, 9.17) is 4.74 Å². The summed E-state index contributed by atoms with van der Waals surface area (Å²) in [4.78, 5) is 6.00. The second-order valence-corrected chi connectivity index (χ2v) is 8.00. The van der Waals surface area contributed by atoms with Gasteiger partial charge in [0.05, 0.1) is 0 Å². The van der Waals surface area contributed by atoms with Crippen molar-refractivity contribution in [2.24, 2.45) is 0 Å². The molecule has 0 saturated heterocycles. The van der Waals surface area contributed by atoms with E-state index in [0.29, 0.717) is 6.61 Å². The first-order valence-electron chi connectivity index (χ1n) is 10.2. The average molecular weight is 392 g/mol. The maximum Gasteiger partial charge on any atom is 0.123 e.